The van der Waals surface area contributed by atoms with Crippen molar-refractivity contribution in [3.63, 3.8) is 0 Å². The van der Waals surface area contributed by atoms with Crippen LogP contribution in [0.1, 0.15) is 37.3 Å². The number of aromatic nitrogens is 2. The van der Waals surface area contributed by atoms with E-state index in [2.05, 4.69) is 19.2 Å². The lowest BCUT2D eigenvalue weighted by molar-refractivity contribution is -0.140. The number of nitrogens with one attached hydrogen (secondary N) is 1. The molecule has 0 saturated carbocycles. The molecule has 4 rings (SSSR count). The largest absolute Gasteiger partial charge is 0.385 e. The maximum Gasteiger partial charge on any atom is 0.290 e. The summed E-state index contributed by atoms with van der Waals surface area (Å²) in [5.41, 5.74) is 1.78. The zero-order valence-corrected chi connectivity index (χ0v) is 21.2. The Morgan fingerprint density at radius 2 is 2.00 bits per heavy atom. The normalized spacial score (nSPS) is 21.0. The first-order chi connectivity index (χ1) is 17.0. The molecule has 1 aromatic carbocycles. The zero-order valence-electron chi connectivity index (χ0n) is 21.2. The van der Waals surface area contributed by atoms with Gasteiger partial charge in [0.15, 0.2) is 5.82 Å². The van der Waals surface area contributed by atoms with E-state index in [1.54, 1.807) is 7.11 Å². The Labute approximate surface area is 207 Å². The number of aryl methyl sites for hydroxylation is 1. The second-order valence-electron chi connectivity index (χ2n) is 9.96. The second-order valence-corrected chi connectivity index (χ2v) is 9.96. The fourth-order valence-electron chi connectivity index (χ4n) is 5.14. The molecule has 1 aromatic heterocycles. The first-order valence-corrected chi connectivity index (χ1v) is 12.8. The Hall–Kier alpha value is -2.49. The topological polar surface area (TPSA) is 88.9 Å². The van der Waals surface area contributed by atoms with Gasteiger partial charge in [-0.15, -0.1) is 0 Å². The van der Waals surface area contributed by atoms with Crippen molar-refractivity contribution in [2.24, 2.45) is 11.8 Å². The number of ether oxygens (including phenoxy) is 2. The molecule has 0 unspecified atom stereocenters. The lowest BCUT2D eigenvalue weighted by Gasteiger charge is -2.40. The average Bonchev–Trinajstić information content (AvgIpc) is 3.25. The van der Waals surface area contributed by atoms with Gasteiger partial charge in [-0.25, -0.2) is 4.98 Å². The van der Waals surface area contributed by atoms with Gasteiger partial charge >= 0.3 is 0 Å². The summed E-state index contributed by atoms with van der Waals surface area (Å²) >= 11 is 0. The van der Waals surface area contributed by atoms with E-state index in [9.17, 15) is 9.59 Å². The van der Waals surface area contributed by atoms with E-state index in [0.29, 0.717) is 77.3 Å². The minimum absolute atomic E-state index is 0.0686. The van der Waals surface area contributed by atoms with Gasteiger partial charge in [0.05, 0.1) is 30.2 Å². The second kappa shape index (κ2) is 12.0. The quantitative estimate of drug-likeness (QED) is 0.547. The fraction of sp³-hybridized carbons (Fsp3) is 0.654. The van der Waals surface area contributed by atoms with Gasteiger partial charge < -0.3 is 29.2 Å². The van der Waals surface area contributed by atoms with Gasteiger partial charge in [0, 0.05) is 59.0 Å². The van der Waals surface area contributed by atoms with Crippen LogP contribution in [-0.2, 0) is 20.8 Å². The monoisotopic (exact) mass is 485 g/mol. The van der Waals surface area contributed by atoms with Crippen LogP contribution in [0.5, 0.6) is 0 Å². The van der Waals surface area contributed by atoms with Gasteiger partial charge in [-0.2, -0.15) is 0 Å². The van der Waals surface area contributed by atoms with Crippen LogP contribution in [0.3, 0.4) is 0 Å². The Kier molecular flexibility index (Phi) is 8.75. The Bertz CT molecular complexity index is 1000. The van der Waals surface area contributed by atoms with Crippen LogP contribution in [0.2, 0.25) is 0 Å². The first kappa shape index (κ1) is 25.6. The standard InChI is InChI=1S/C26H39N5O4/c1-19(2)18-31(21-15-20(16-27-17-21)25(32)29-10-13-35-14-11-29)26(33)24-28-22-7-4-5-8-23(22)30(24)9-6-12-34-3/h4-5,7-8,19-21,27H,6,9-18H2,1-3H3/t20-,21+/m1/s1. The number of rotatable bonds is 9. The average molecular weight is 486 g/mol. The summed E-state index contributed by atoms with van der Waals surface area (Å²) < 4.78 is 12.7. The van der Waals surface area contributed by atoms with Crippen molar-refractivity contribution in [1.29, 1.82) is 0 Å². The third-order valence-corrected chi connectivity index (χ3v) is 6.84. The number of carbonyl (C=O) groups excluding carboxylic acids is 2. The molecule has 2 aromatic rings. The van der Waals surface area contributed by atoms with Crippen LogP contribution in [0.4, 0.5) is 0 Å². The van der Waals surface area contributed by atoms with Crippen molar-refractivity contribution in [2.75, 3.05) is 59.7 Å². The smallest absolute Gasteiger partial charge is 0.290 e. The van der Waals surface area contributed by atoms with Gasteiger partial charge in [-0.3, -0.25) is 9.59 Å². The molecule has 9 heteroatoms. The number of hydrogen-bond acceptors (Lipinski definition) is 6. The fourth-order valence-corrected chi connectivity index (χ4v) is 5.14. The summed E-state index contributed by atoms with van der Waals surface area (Å²) in [6.45, 7) is 9.91. The van der Waals surface area contributed by atoms with Crippen molar-refractivity contribution < 1.29 is 19.1 Å². The Morgan fingerprint density at radius 3 is 2.74 bits per heavy atom. The molecule has 0 spiro atoms. The number of benzene rings is 1. The summed E-state index contributed by atoms with van der Waals surface area (Å²) in [6.07, 6.45) is 1.45. The lowest BCUT2D eigenvalue weighted by Crippen LogP contribution is -2.56. The summed E-state index contributed by atoms with van der Waals surface area (Å²) in [6, 6.07) is 7.81. The van der Waals surface area contributed by atoms with Gasteiger partial charge in [0.1, 0.15) is 0 Å². The van der Waals surface area contributed by atoms with Crippen molar-refractivity contribution >= 4 is 22.8 Å². The summed E-state index contributed by atoms with van der Waals surface area (Å²) in [5.74, 6) is 0.702. The van der Waals surface area contributed by atoms with Crippen molar-refractivity contribution in [1.82, 2.24) is 24.7 Å². The van der Waals surface area contributed by atoms with Gasteiger partial charge in [-0.05, 0) is 30.9 Å². The van der Waals surface area contributed by atoms with E-state index in [0.717, 1.165) is 17.5 Å². The summed E-state index contributed by atoms with van der Waals surface area (Å²) in [5, 5.41) is 3.43. The predicted octanol–water partition coefficient (Wildman–Crippen LogP) is 2.01. The third kappa shape index (κ3) is 6.02. The molecule has 2 saturated heterocycles. The molecule has 2 aliphatic heterocycles. The SMILES string of the molecule is COCCCn1c(C(=O)N(CC(C)C)[C@@H]2CNC[C@H](C(=O)N3CCOCC3)C2)nc2ccccc21. The summed E-state index contributed by atoms with van der Waals surface area (Å²) in [7, 11) is 1.69. The highest BCUT2D eigenvalue weighted by atomic mass is 16.5. The van der Waals surface area contributed by atoms with Crippen LogP contribution in [-0.4, -0.2) is 96.9 Å². The number of morpholine rings is 1. The van der Waals surface area contributed by atoms with Crippen LogP contribution in [0.15, 0.2) is 24.3 Å². The Morgan fingerprint density at radius 1 is 1.23 bits per heavy atom. The highest BCUT2D eigenvalue weighted by Gasteiger charge is 2.36. The molecular weight excluding hydrogens is 446 g/mol. The van der Waals surface area contributed by atoms with E-state index in [1.165, 1.54) is 0 Å². The molecule has 3 heterocycles. The molecule has 2 amide bonds. The van der Waals surface area contributed by atoms with E-state index in [4.69, 9.17) is 14.5 Å². The molecule has 2 atom stereocenters. The number of fused-ring (bicyclic) bond motifs is 1. The van der Waals surface area contributed by atoms with Crippen LogP contribution >= 0.6 is 0 Å². The number of nitrogens with zero attached hydrogens (tertiary/aromatic N) is 4. The predicted molar refractivity (Wildman–Crippen MR) is 134 cm³/mol. The first-order valence-electron chi connectivity index (χ1n) is 12.8. The van der Waals surface area contributed by atoms with E-state index >= 15 is 0 Å². The lowest BCUT2D eigenvalue weighted by atomic mass is 9.92. The molecule has 1 N–H and O–H groups in total. The van der Waals surface area contributed by atoms with Crippen LogP contribution in [0.25, 0.3) is 11.0 Å². The molecule has 0 radical (unpaired) electrons. The molecular formula is C26H39N5O4. The third-order valence-electron chi connectivity index (χ3n) is 6.84. The van der Waals surface area contributed by atoms with Crippen LogP contribution < -0.4 is 5.32 Å². The van der Waals surface area contributed by atoms with Crippen molar-refractivity contribution in [3.8, 4) is 0 Å². The zero-order chi connectivity index (χ0) is 24.8. The molecule has 0 aliphatic carbocycles. The highest BCUT2D eigenvalue weighted by Crippen LogP contribution is 2.24. The summed E-state index contributed by atoms with van der Waals surface area (Å²) in [4.78, 5) is 35.9. The minimum Gasteiger partial charge on any atom is -0.385 e. The van der Waals surface area contributed by atoms with Gasteiger partial charge in [0.2, 0.25) is 5.91 Å². The van der Waals surface area contributed by atoms with E-state index < -0.39 is 0 Å². The molecule has 0 bridgehead atoms. The maximum absolute atomic E-state index is 14.1. The van der Waals surface area contributed by atoms with E-state index in [-0.39, 0.29) is 23.8 Å². The maximum atomic E-state index is 14.1. The number of para-hydroxylation sites is 2. The number of piperidine rings is 1. The number of carbonyl (C=O) groups is 2. The van der Waals surface area contributed by atoms with E-state index in [1.807, 2.05) is 38.6 Å². The molecule has 2 aliphatic rings. The number of hydrogen-bond donors (Lipinski definition) is 1. The van der Waals surface area contributed by atoms with Gasteiger partial charge in [-0.1, -0.05) is 26.0 Å². The van der Waals surface area contributed by atoms with Crippen molar-refractivity contribution in [2.45, 2.75) is 39.3 Å². The number of amides is 2. The van der Waals surface area contributed by atoms with Gasteiger partial charge in [0.25, 0.3) is 5.91 Å². The highest BCUT2D eigenvalue weighted by molar-refractivity contribution is 5.95. The number of methoxy groups -OCH3 is 1. The minimum atomic E-state index is -0.144. The Balaban J connectivity index is 1.58. The number of imidazole rings is 1. The molecule has 192 valence electrons. The van der Waals surface area contributed by atoms with Crippen molar-refractivity contribution in [3.05, 3.63) is 30.1 Å². The molecule has 35 heavy (non-hydrogen) atoms. The van der Waals surface area contributed by atoms with Crippen LogP contribution in [0, 0.1) is 11.8 Å². The molecule has 2 fully saturated rings. The molecule has 9 nitrogen and oxygen atoms in total.